The highest BCUT2D eigenvalue weighted by atomic mass is 16.5. The van der Waals surface area contributed by atoms with Crippen LogP contribution in [0.25, 0.3) is 0 Å². The number of ether oxygens (including phenoxy) is 1. The van der Waals surface area contributed by atoms with Gasteiger partial charge in [-0.3, -0.25) is 0 Å². The van der Waals surface area contributed by atoms with E-state index in [4.69, 9.17) is 4.74 Å². The van der Waals surface area contributed by atoms with Crippen LogP contribution in [0.4, 0.5) is 0 Å². The first-order valence-corrected chi connectivity index (χ1v) is 5.62. The third-order valence-electron chi connectivity index (χ3n) is 3.12. The van der Waals surface area contributed by atoms with Crippen LogP contribution in [0.5, 0.6) is 5.75 Å². The van der Waals surface area contributed by atoms with E-state index < -0.39 is 0 Å². The molecular weight excluding hydrogens is 186 g/mol. The summed E-state index contributed by atoms with van der Waals surface area (Å²) in [5, 5.41) is 3.31. The van der Waals surface area contributed by atoms with Crippen LogP contribution >= 0.6 is 0 Å². The number of nitrogens with one attached hydrogen (secondary N) is 1. The second kappa shape index (κ2) is 3.86. The molecule has 1 N–H and O–H groups in total. The molecule has 0 saturated carbocycles. The normalized spacial score (nSPS) is 24.1. The van der Waals surface area contributed by atoms with Gasteiger partial charge in [0.25, 0.3) is 0 Å². The SMILES string of the molecule is CNC1c2cccc(C(C)C)c2OC1C. The number of hydrogen-bond acceptors (Lipinski definition) is 2. The van der Waals surface area contributed by atoms with E-state index in [1.165, 1.54) is 11.1 Å². The summed E-state index contributed by atoms with van der Waals surface area (Å²) in [6.07, 6.45) is 0.227. The van der Waals surface area contributed by atoms with Crippen molar-refractivity contribution in [3.8, 4) is 5.75 Å². The van der Waals surface area contributed by atoms with Gasteiger partial charge >= 0.3 is 0 Å². The molecule has 15 heavy (non-hydrogen) atoms. The fourth-order valence-electron chi connectivity index (χ4n) is 2.31. The molecule has 1 aromatic rings. The Bertz CT molecular complexity index is 360. The van der Waals surface area contributed by atoms with Crippen molar-refractivity contribution in [2.24, 2.45) is 0 Å². The van der Waals surface area contributed by atoms with E-state index in [9.17, 15) is 0 Å². The van der Waals surface area contributed by atoms with E-state index in [1.54, 1.807) is 0 Å². The molecule has 2 atom stereocenters. The topological polar surface area (TPSA) is 21.3 Å². The van der Waals surface area contributed by atoms with Gasteiger partial charge in [-0.15, -0.1) is 0 Å². The molecule has 0 aromatic heterocycles. The monoisotopic (exact) mass is 205 g/mol. The number of hydrogen-bond donors (Lipinski definition) is 1. The number of benzene rings is 1. The van der Waals surface area contributed by atoms with E-state index in [0.717, 1.165) is 5.75 Å². The Kier molecular flexibility index (Phi) is 2.70. The van der Waals surface area contributed by atoms with E-state index in [-0.39, 0.29) is 6.10 Å². The highest BCUT2D eigenvalue weighted by molar-refractivity contribution is 5.48. The van der Waals surface area contributed by atoms with Crippen molar-refractivity contribution >= 4 is 0 Å². The van der Waals surface area contributed by atoms with Gasteiger partial charge in [0.2, 0.25) is 0 Å². The molecule has 1 aliphatic heterocycles. The summed E-state index contributed by atoms with van der Waals surface area (Å²) >= 11 is 0. The van der Waals surface area contributed by atoms with Gasteiger partial charge in [-0.05, 0) is 25.5 Å². The first kappa shape index (κ1) is 10.5. The zero-order valence-electron chi connectivity index (χ0n) is 9.87. The van der Waals surface area contributed by atoms with Crippen LogP contribution in [0, 0.1) is 0 Å². The standard InChI is InChI=1S/C13H19NO/c1-8(2)10-6-5-7-11-12(14-4)9(3)15-13(10)11/h5-9,12,14H,1-4H3. The van der Waals surface area contributed by atoms with Gasteiger partial charge in [0.15, 0.2) is 0 Å². The molecule has 1 aliphatic rings. The summed E-state index contributed by atoms with van der Waals surface area (Å²) < 4.78 is 5.94. The second-order valence-corrected chi connectivity index (χ2v) is 4.51. The maximum absolute atomic E-state index is 5.94. The van der Waals surface area contributed by atoms with Crippen LogP contribution in [0.3, 0.4) is 0 Å². The lowest BCUT2D eigenvalue weighted by atomic mass is 9.96. The van der Waals surface area contributed by atoms with Gasteiger partial charge in [0.1, 0.15) is 11.9 Å². The fraction of sp³-hybridized carbons (Fsp3) is 0.538. The largest absolute Gasteiger partial charge is 0.488 e. The maximum atomic E-state index is 5.94. The Hall–Kier alpha value is -1.02. The van der Waals surface area contributed by atoms with E-state index in [2.05, 4.69) is 44.3 Å². The lowest BCUT2D eigenvalue weighted by molar-refractivity contribution is 0.212. The summed E-state index contributed by atoms with van der Waals surface area (Å²) in [6, 6.07) is 6.78. The predicted octanol–water partition coefficient (Wildman–Crippen LogP) is 2.85. The fourth-order valence-corrected chi connectivity index (χ4v) is 2.31. The predicted molar refractivity (Wildman–Crippen MR) is 62.4 cm³/mol. The molecular formula is C13H19NO. The average molecular weight is 205 g/mol. The molecule has 0 saturated heterocycles. The molecule has 0 spiro atoms. The third kappa shape index (κ3) is 1.63. The molecule has 1 heterocycles. The molecule has 0 bridgehead atoms. The van der Waals surface area contributed by atoms with Gasteiger partial charge in [0.05, 0.1) is 6.04 Å². The van der Waals surface area contributed by atoms with Crippen molar-refractivity contribution in [3.05, 3.63) is 29.3 Å². The average Bonchev–Trinajstić information content (AvgIpc) is 2.52. The van der Waals surface area contributed by atoms with Gasteiger partial charge in [-0.25, -0.2) is 0 Å². The summed E-state index contributed by atoms with van der Waals surface area (Å²) in [5.74, 6) is 1.61. The van der Waals surface area contributed by atoms with Crippen LogP contribution < -0.4 is 10.1 Å². The highest BCUT2D eigenvalue weighted by Crippen LogP contribution is 2.41. The first-order valence-electron chi connectivity index (χ1n) is 5.62. The molecule has 2 heteroatoms. The molecule has 82 valence electrons. The number of likely N-dealkylation sites (N-methyl/N-ethyl adjacent to an activating group) is 1. The summed E-state index contributed by atoms with van der Waals surface area (Å²) in [5.41, 5.74) is 2.62. The van der Waals surface area contributed by atoms with Crippen molar-refractivity contribution in [1.29, 1.82) is 0 Å². The lowest BCUT2D eigenvalue weighted by Crippen LogP contribution is -2.25. The van der Waals surface area contributed by atoms with Crippen molar-refractivity contribution in [1.82, 2.24) is 5.32 Å². The van der Waals surface area contributed by atoms with E-state index in [0.29, 0.717) is 12.0 Å². The van der Waals surface area contributed by atoms with Gasteiger partial charge in [-0.2, -0.15) is 0 Å². The van der Waals surface area contributed by atoms with Crippen LogP contribution in [0.1, 0.15) is 43.9 Å². The minimum atomic E-state index is 0.227. The molecule has 0 aliphatic carbocycles. The molecule has 0 fully saturated rings. The Balaban J connectivity index is 2.47. The van der Waals surface area contributed by atoms with E-state index >= 15 is 0 Å². The van der Waals surface area contributed by atoms with E-state index in [1.807, 2.05) is 7.05 Å². The third-order valence-corrected chi connectivity index (χ3v) is 3.12. The van der Waals surface area contributed by atoms with Crippen LogP contribution in [-0.2, 0) is 0 Å². The van der Waals surface area contributed by atoms with Crippen LogP contribution in [0.15, 0.2) is 18.2 Å². The zero-order valence-corrected chi connectivity index (χ0v) is 9.87. The molecule has 0 radical (unpaired) electrons. The Morgan fingerprint density at radius 1 is 1.33 bits per heavy atom. The molecule has 0 amide bonds. The van der Waals surface area contributed by atoms with Gasteiger partial charge < -0.3 is 10.1 Å². The Morgan fingerprint density at radius 3 is 2.67 bits per heavy atom. The van der Waals surface area contributed by atoms with Crippen molar-refractivity contribution < 1.29 is 4.74 Å². The van der Waals surface area contributed by atoms with Crippen molar-refractivity contribution in [3.63, 3.8) is 0 Å². The quantitative estimate of drug-likeness (QED) is 0.801. The molecule has 2 rings (SSSR count). The van der Waals surface area contributed by atoms with Gasteiger partial charge in [-0.1, -0.05) is 32.0 Å². The highest BCUT2D eigenvalue weighted by Gasteiger charge is 2.31. The van der Waals surface area contributed by atoms with Crippen molar-refractivity contribution in [2.45, 2.75) is 38.8 Å². The lowest BCUT2D eigenvalue weighted by Gasteiger charge is -2.12. The minimum Gasteiger partial charge on any atom is -0.488 e. The first-order chi connectivity index (χ1) is 7.15. The number of para-hydroxylation sites is 1. The summed E-state index contributed by atoms with van der Waals surface area (Å²) in [4.78, 5) is 0. The Labute approximate surface area is 91.6 Å². The van der Waals surface area contributed by atoms with Crippen molar-refractivity contribution in [2.75, 3.05) is 7.05 Å². The maximum Gasteiger partial charge on any atom is 0.128 e. The molecule has 2 nitrogen and oxygen atoms in total. The Morgan fingerprint density at radius 2 is 2.07 bits per heavy atom. The molecule has 2 unspecified atom stereocenters. The molecule has 1 aromatic carbocycles. The number of rotatable bonds is 2. The summed E-state index contributed by atoms with van der Waals surface area (Å²) in [6.45, 7) is 6.53. The minimum absolute atomic E-state index is 0.227. The van der Waals surface area contributed by atoms with Crippen LogP contribution in [-0.4, -0.2) is 13.2 Å². The number of fused-ring (bicyclic) bond motifs is 1. The van der Waals surface area contributed by atoms with Gasteiger partial charge in [0, 0.05) is 5.56 Å². The zero-order chi connectivity index (χ0) is 11.0. The second-order valence-electron chi connectivity index (χ2n) is 4.51. The van der Waals surface area contributed by atoms with Crippen LogP contribution in [0.2, 0.25) is 0 Å². The smallest absolute Gasteiger partial charge is 0.128 e. The summed E-state index contributed by atoms with van der Waals surface area (Å²) in [7, 11) is 1.99.